The highest BCUT2D eigenvalue weighted by atomic mass is 16.5. The molecule has 1 aromatic heterocycles. The van der Waals surface area contributed by atoms with Gasteiger partial charge in [-0.05, 0) is 82.3 Å². The van der Waals surface area contributed by atoms with Crippen LogP contribution in [0, 0.1) is 19.8 Å². The summed E-state index contributed by atoms with van der Waals surface area (Å²) >= 11 is 0. The first kappa shape index (κ1) is 27.3. The smallest absolute Gasteiger partial charge is 0.253 e. The van der Waals surface area contributed by atoms with Crippen LogP contribution in [0.3, 0.4) is 0 Å². The normalized spacial score (nSPS) is 18.7. The average molecular weight is 482 g/mol. The van der Waals surface area contributed by atoms with E-state index >= 15 is 0 Å². The van der Waals surface area contributed by atoms with Gasteiger partial charge in [0.2, 0.25) is 0 Å². The molecule has 1 amide bonds. The number of carbonyl (C=O) groups excluding carboxylic acids is 1. The van der Waals surface area contributed by atoms with Crippen molar-refractivity contribution in [2.75, 3.05) is 26.7 Å². The van der Waals surface area contributed by atoms with E-state index < -0.39 is 0 Å². The minimum absolute atomic E-state index is 0.0552. The lowest BCUT2D eigenvalue weighted by atomic mass is 9.89. The molecule has 2 aromatic rings. The Bertz CT molecular complexity index is 959. The van der Waals surface area contributed by atoms with Crippen LogP contribution < -0.4 is 10.1 Å². The molecule has 5 heteroatoms. The molecule has 2 fully saturated rings. The number of aryl methyl sites for hydroxylation is 1. The van der Waals surface area contributed by atoms with Crippen molar-refractivity contribution in [3.8, 4) is 17.0 Å². The zero-order chi connectivity index (χ0) is 25.4. The molecule has 194 valence electrons. The average Bonchev–Trinajstić information content (AvgIpc) is 3.49. The van der Waals surface area contributed by atoms with Crippen LogP contribution in [0.4, 0.5) is 0 Å². The molecule has 0 spiro atoms. The number of rotatable bonds is 8. The minimum Gasteiger partial charge on any atom is -0.497 e. The number of methoxy groups -OCH3 is 1. The molecule has 1 saturated carbocycles. The van der Waals surface area contributed by atoms with Gasteiger partial charge < -0.3 is 14.6 Å². The standard InChI is InChI=1S/C28H41N3O2.C2H6/c1-5-30-15-9-12-23(30)18-29-28(32)26-17-27(25-16-24(33-4)14-13-20(25)2)31(21(26)3)19-22-10-7-6-8-11-22;1-2/h13-14,16-17,22-23H,5-12,15,18-19H2,1-4H3,(H,29,32);1-2H3. The number of ether oxygens (including phenoxy) is 1. The van der Waals surface area contributed by atoms with Crippen molar-refractivity contribution >= 4 is 5.91 Å². The number of carbonyl (C=O) groups is 1. The van der Waals surface area contributed by atoms with Crippen LogP contribution >= 0.6 is 0 Å². The van der Waals surface area contributed by atoms with Crippen LogP contribution in [0.5, 0.6) is 5.75 Å². The number of nitrogens with one attached hydrogen (secondary N) is 1. The fourth-order valence-corrected chi connectivity index (χ4v) is 5.81. The predicted molar refractivity (Wildman–Crippen MR) is 146 cm³/mol. The zero-order valence-electron chi connectivity index (χ0n) is 23.0. The van der Waals surface area contributed by atoms with Crippen molar-refractivity contribution < 1.29 is 9.53 Å². The Morgan fingerprint density at radius 2 is 1.80 bits per heavy atom. The van der Waals surface area contributed by atoms with E-state index in [0.29, 0.717) is 12.0 Å². The van der Waals surface area contributed by atoms with Gasteiger partial charge >= 0.3 is 0 Å². The van der Waals surface area contributed by atoms with Crippen LogP contribution in [-0.4, -0.2) is 48.2 Å². The van der Waals surface area contributed by atoms with Crippen molar-refractivity contribution in [2.45, 2.75) is 92.2 Å². The van der Waals surface area contributed by atoms with E-state index in [0.717, 1.165) is 54.4 Å². The molecule has 5 nitrogen and oxygen atoms in total. The molecule has 35 heavy (non-hydrogen) atoms. The summed E-state index contributed by atoms with van der Waals surface area (Å²) in [7, 11) is 1.71. The molecule has 4 rings (SSSR count). The predicted octanol–water partition coefficient (Wildman–Crippen LogP) is 6.60. The molecule has 2 aliphatic rings. The number of aromatic nitrogens is 1. The summed E-state index contributed by atoms with van der Waals surface area (Å²) in [6.07, 6.45) is 8.96. The molecule has 0 radical (unpaired) electrons. The molecule has 1 aliphatic heterocycles. The number of likely N-dealkylation sites (N-methyl/N-ethyl adjacent to an activating group) is 1. The molecular weight excluding hydrogens is 434 g/mol. The Morgan fingerprint density at radius 3 is 2.49 bits per heavy atom. The molecule has 1 aliphatic carbocycles. The van der Waals surface area contributed by atoms with Crippen LogP contribution in [0.1, 0.15) is 87.3 Å². The number of hydrogen-bond acceptors (Lipinski definition) is 3. The van der Waals surface area contributed by atoms with Gasteiger partial charge in [-0.2, -0.15) is 0 Å². The largest absolute Gasteiger partial charge is 0.497 e. The highest BCUT2D eigenvalue weighted by Gasteiger charge is 2.26. The molecular formula is C30H47N3O2. The fraction of sp³-hybridized carbons (Fsp3) is 0.633. The molecule has 2 heterocycles. The first-order valence-corrected chi connectivity index (χ1v) is 13.9. The quantitative estimate of drug-likeness (QED) is 0.462. The lowest BCUT2D eigenvalue weighted by Gasteiger charge is -2.25. The number of likely N-dealkylation sites (tertiary alicyclic amines) is 1. The second-order valence-corrected chi connectivity index (χ2v) is 9.96. The monoisotopic (exact) mass is 481 g/mol. The summed E-state index contributed by atoms with van der Waals surface area (Å²) in [5.74, 6) is 1.59. The Kier molecular flexibility index (Phi) is 10.3. The lowest BCUT2D eigenvalue weighted by molar-refractivity contribution is 0.0940. The lowest BCUT2D eigenvalue weighted by Crippen LogP contribution is -2.40. The van der Waals surface area contributed by atoms with Crippen molar-refractivity contribution in [1.82, 2.24) is 14.8 Å². The summed E-state index contributed by atoms with van der Waals surface area (Å²) in [6, 6.07) is 8.81. The van der Waals surface area contributed by atoms with Gasteiger partial charge in [0, 0.05) is 36.1 Å². The zero-order valence-corrected chi connectivity index (χ0v) is 23.0. The third-order valence-electron chi connectivity index (χ3n) is 7.90. The first-order valence-electron chi connectivity index (χ1n) is 13.9. The Hall–Kier alpha value is -2.27. The van der Waals surface area contributed by atoms with Gasteiger partial charge in [-0.15, -0.1) is 0 Å². The van der Waals surface area contributed by atoms with Gasteiger partial charge in [-0.25, -0.2) is 0 Å². The van der Waals surface area contributed by atoms with Gasteiger partial charge in [0.15, 0.2) is 0 Å². The second-order valence-electron chi connectivity index (χ2n) is 9.96. The van der Waals surface area contributed by atoms with Crippen molar-refractivity contribution in [1.29, 1.82) is 0 Å². The molecule has 1 unspecified atom stereocenters. The third kappa shape index (κ3) is 6.49. The van der Waals surface area contributed by atoms with E-state index in [1.54, 1.807) is 7.11 Å². The van der Waals surface area contributed by atoms with E-state index in [9.17, 15) is 4.79 Å². The van der Waals surface area contributed by atoms with Crippen LogP contribution in [0.25, 0.3) is 11.3 Å². The van der Waals surface area contributed by atoms with Crippen LogP contribution in [-0.2, 0) is 6.54 Å². The van der Waals surface area contributed by atoms with E-state index in [1.807, 2.05) is 19.9 Å². The summed E-state index contributed by atoms with van der Waals surface area (Å²) < 4.78 is 7.93. The highest BCUT2D eigenvalue weighted by molar-refractivity contribution is 5.97. The molecule has 1 saturated heterocycles. The Morgan fingerprint density at radius 1 is 1.06 bits per heavy atom. The number of amides is 1. The van der Waals surface area contributed by atoms with Crippen molar-refractivity contribution in [3.05, 3.63) is 41.1 Å². The molecule has 1 atom stereocenters. The Balaban J connectivity index is 0.00000167. The summed E-state index contributed by atoms with van der Waals surface area (Å²) in [6.45, 7) is 14.4. The van der Waals surface area contributed by atoms with E-state index in [-0.39, 0.29) is 5.91 Å². The van der Waals surface area contributed by atoms with E-state index in [2.05, 4.69) is 53.8 Å². The SMILES string of the molecule is CC.CCN1CCCC1CNC(=O)c1cc(-c2cc(OC)ccc2C)n(CC2CCCCC2)c1C. The molecule has 1 N–H and O–H groups in total. The highest BCUT2D eigenvalue weighted by Crippen LogP contribution is 2.34. The van der Waals surface area contributed by atoms with E-state index in [1.165, 1.54) is 50.5 Å². The van der Waals surface area contributed by atoms with Crippen LogP contribution in [0.15, 0.2) is 24.3 Å². The van der Waals surface area contributed by atoms with Gasteiger partial charge in [0.1, 0.15) is 5.75 Å². The number of nitrogens with zero attached hydrogens (tertiary/aromatic N) is 2. The maximum Gasteiger partial charge on any atom is 0.253 e. The second kappa shape index (κ2) is 13.2. The van der Waals surface area contributed by atoms with Gasteiger partial charge in [0.05, 0.1) is 12.7 Å². The topological polar surface area (TPSA) is 46.5 Å². The first-order chi connectivity index (χ1) is 17.0. The fourth-order valence-electron chi connectivity index (χ4n) is 5.81. The molecule has 1 aromatic carbocycles. The number of hydrogen-bond donors (Lipinski definition) is 1. The summed E-state index contributed by atoms with van der Waals surface area (Å²) in [4.78, 5) is 15.8. The van der Waals surface area contributed by atoms with Gasteiger partial charge in [0.25, 0.3) is 5.91 Å². The summed E-state index contributed by atoms with van der Waals surface area (Å²) in [5.41, 5.74) is 5.38. The van der Waals surface area contributed by atoms with Crippen molar-refractivity contribution in [3.63, 3.8) is 0 Å². The summed E-state index contributed by atoms with van der Waals surface area (Å²) in [5, 5.41) is 3.26. The van der Waals surface area contributed by atoms with Crippen molar-refractivity contribution in [2.24, 2.45) is 5.92 Å². The third-order valence-corrected chi connectivity index (χ3v) is 7.90. The van der Waals surface area contributed by atoms with E-state index in [4.69, 9.17) is 4.74 Å². The maximum atomic E-state index is 13.3. The van der Waals surface area contributed by atoms with Gasteiger partial charge in [-0.3, -0.25) is 9.69 Å². The Labute approximate surface area is 213 Å². The van der Waals surface area contributed by atoms with Gasteiger partial charge in [-0.1, -0.05) is 46.1 Å². The molecule has 0 bridgehead atoms. The van der Waals surface area contributed by atoms with Crippen LogP contribution in [0.2, 0.25) is 0 Å². The maximum absolute atomic E-state index is 13.3. The number of benzene rings is 1. The minimum atomic E-state index is 0.0552.